The van der Waals surface area contributed by atoms with Crippen molar-refractivity contribution in [2.24, 2.45) is 0 Å². The summed E-state index contributed by atoms with van der Waals surface area (Å²) in [7, 11) is 0. The van der Waals surface area contributed by atoms with Crippen LogP contribution in [0.25, 0.3) is 17.1 Å². The highest BCUT2D eigenvalue weighted by molar-refractivity contribution is 5.62. The summed E-state index contributed by atoms with van der Waals surface area (Å²) in [5.41, 5.74) is 6.28. The molecular formula is C23H29N3. The molecule has 0 fully saturated rings. The Morgan fingerprint density at radius 2 is 1.46 bits per heavy atom. The Bertz CT molecular complexity index is 874. The van der Waals surface area contributed by atoms with E-state index >= 15 is 0 Å². The van der Waals surface area contributed by atoms with Gasteiger partial charge in [-0.25, -0.2) is 0 Å². The molecule has 26 heavy (non-hydrogen) atoms. The van der Waals surface area contributed by atoms with Crippen LogP contribution in [0.1, 0.15) is 57.1 Å². The molecule has 1 heterocycles. The summed E-state index contributed by atoms with van der Waals surface area (Å²) in [6.07, 6.45) is 1.97. The van der Waals surface area contributed by atoms with Crippen molar-refractivity contribution in [2.45, 2.75) is 59.8 Å². The minimum absolute atomic E-state index is 0.0963. The van der Waals surface area contributed by atoms with Crippen molar-refractivity contribution >= 4 is 0 Å². The molecule has 3 nitrogen and oxygen atoms in total. The highest BCUT2D eigenvalue weighted by atomic mass is 15.3. The molecule has 0 amide bonds. The lowest BCUT2D eigenvalue weighted by molar-refractivity contribution is 0.532. The molecule has 0 aliphatic rings. The Kier molecular flexibility index (Phi) is 4.99. The third kappa shape index (κ3) is 3.31. The van der Waals surface area contributed by atoms with E-state index in [1.165, 1.54) is 22.4 Å². The molecule has 2 aromatic carbocycles. The molecule has 3 rings (SSSR count). The van der Waals surface area contributed by atoms with Crippen LogP contribution >= 0.6 is 0 Å². The summed E-state index contributed by atoms with van der Waals surface area (Å²) in [5, 5.41) is 9.24. The third-order valence-corrected chi connectivity index (χ3v) is 4.76. The van der Waals surface area contributed by atoms with Gasteiger partial charge in [-0.3, -0.25) is 4.57 Å². The Balaban J connectivity index is 2.40. The van der Waals surface area contributed by atoms with E-state index < -0.39 is 0 Å². The fourth-order valence-corrected chi connectivity index (χ4v) is 3.52. The third-order valence-electron chi connectivity index (χ3n) is 4.76. The number of hydrogen-bond acceptors (Lipinski definition) is 2. The zero-order chi connectivity index (χ0) is 18.9. The van der Waals surface area contributed by atoms with Gasteiger partial charge in [0.25, 0.3) is 0 Å². The Morgan fingerprint density at radius 1 is 0.885 bits per heavy atom. The Hall–Kier alpha value is -2.42. The number of aryl methyl sites for hydroxylation is 3. The van der Waals surface area contributed by atoms with Gasteiger partial charge < -0.3 is 0 Å². The van der Waals surface area contributed by atoms with Crippen molar-refractivity contribution < 1.29 is 0 Å². The van der Waals surface area contributed by atoms with Gasteiger partial charge in [0.1, 0.15) is 5.82 Å². The fraction of sp³-hybridized carbons (Fsp3) is 0.391. The summed E-state index contributed by atoms with van der Waals surface area (Å²) in [6, 6.07) is 15.0. The summed E-state index contributed by atoms with van der Waals surface area (Å²) >= 11 is 0. The van der Waals surface area contributed by atoms with Gasteiger partial charge in [0.2, 0.25) is 0 Å². The van der Waals surface area contributed by atoms with Crippen molar-refractivity contribution in [3.05, 3.63) is 65.0 Å². The fourth-order valence-electron chi connectivity index (χ4n) is 3.52. The molecule has 0 atom stereocenters. The molecule has 136 valence electrons. The lowest BCUT2D eigenvalue weighted by Crippen LogP contribution is -2.20. The van der Waals surface area contributed by atoms with Crippen LogP contribution in [0.5, 0.6) is 0 Å². The molecule has 0 saturated carbocycles. The predicted molar refractivity (Wildman–Crippen MR) is 109 cm³/mol. The van der Waals surface area contributed by atoms with Crippen molar-refractivity contribution in [3.8, 4) is 17.1 Å². The first-order valence-corrected chi connectivity index (χ1v) is 9.50. The van der Waals surface area contributed by atoms with Gasteiger partial charge in [0.05, 0.1) is 5.69 Å². The molecule has 3 heteroatoms. The lowest BCUT2D eigenvalue weighted by Gasteiger charge is -2.24. The molecule has 0 aliphatic heterocycles. The van der Waals surface area contributed by atoms with Crippen LogP contribution in [-0.4, -0.2) is 14.8 Å². The largest absolute Gasteiger partial charge is 0.278 e. The van der Waals surface area contributed by atoms with Crippen LogP contribution in [0.15, 0.2) is 42.5 Å². The monoisotopic (exact) mass is 347 g/mol. The number of benzene rings is 2. The summed E-state index contributed by atoms with van der Waals surface area (Å²) in [4.78, 5) is 0. The second-order valence-electron chi connectivity index (χ2n) is 7.94. The van der Waals surface area contributed by atoms with Crippen LogP contribution in [-0.2, 0) is 18.3 Å². The smallest absolute Gasteiger partial charge is 0.168 e. The number of nitrogens with zero attached hydrogens (tertiary/aromatic N) is 3. The lowest BCUT2D eigenvalue weighted by atomic mass is 9.93. The maximum Gasteiger partial charge on any atom is 0.168 e. The van der Waals surface area contributed by atoms with E-state index in [0.717, 1.165) is 30.1 Å². The zero-order valence-corrected chi connectivity index (χ0v) is 16.8. The molecule has 0 spiro atoms. The standard InChI is InChI=1S/C23H29N3/c1-7-17-14-16(3)15-18(8-2)20(17)26-21(19-12-10-9-11-13-19)24-25-22(26)23(4,5)6/h9-15H,7-8H2,1-6H3. The highest BCUT2D eigenvalue weighted by Gasteiger charge is 2.27. The highest BCUT2D eigenvalue weighted by Crippen LogP contribution is 2.33. The molecule has 0 saturated heterocycles. The molecule has 0 N–H and O–H groups in total. The molecular weight excluding hydrogens is 318 g/mol. The van der Waals surface area contributed by atoms with Gasteiger partial charge in [0.15, 0.2) is 5.82 Å². The van der Waals surface area contributed by atoms with Crippen LogP contribution in [0.4, 0.5) is 0 Å². The average molecular weight is 348 g/mol. The van der Waals surface area contributed by atoms with Crippen molar-refractivity contribution in [2.75, 3.05) is 0 Å². The molecule has 1 aromatic heterocycles. The second-order valence-corrected chi connectivity index (χ2v) is 7.94. The predicted octanol–water partition coefficient (Wildman–Crippen LogP) is 5.67. The van der Waals surface area contributed by atoms with Crippen LogP contribution < -0.4 is 0 Å². The van der Waals surface area contributed by atoms with E-state index in [2.05, 4.69) is 92.7 Å². The van der Waals surface area contributed by atoms with E-state index in [1.54, 1.807) is 0 Å². The van der Waals surface area contributed by atoms with Crippen LogP contribution in [0, 0.1) is 6.92 Å². The molecule has 0 aliphatic carbocycles. The number of hydrogen-bond donors (Lipinski definition) is 0. The quantitative estimate of drug-likeness (QED) is 0.609. The van der Waals surface area contributed by atoms with Gasteiger partial charge in [0, 0.05) is 11.0 Å². The van der Waals surface area contributed by atoms with Crippen molar-refractivity contribution in [3.63, 3.8) is 0 Å². The second kappa shape index (κ2) is 7.06. The van der Waals surface area contributed by atoms with Gasteiger partial charge in [-0.2, -0.15) is 0 Å². The molecule has 3 aromatic rings. The topological polar surface area (TPSA) is 30.7 Å². The summed E-state index contributed by atoms with van der Waals surface area (Å²) in [5.74, 6) is 1.92. The van der Waals surface area contributed by atoms with Gasteiger partial charge in [-0.15, -0.1) is 10.2 Å². The minimum atomic E-state index is -0.0963. The Labute approximate surface area is 157 Å². The van der Waals surface area contributed by atoms with E-state index in [4.69, 9.17) is 0 Å². The van der Waals surface area contributed by atoms with E-state index in [-0.39, 0.29) is 5.41 Å². The molecule has 0 radical (unpaired) electrons. The van der Waals surface area contributed by atoms with Gasteiger partial charge in [-0.1, -0.05) is 82.6 Å². The van der Waals surface area contributed by atoms with Gasteiger partial charge in [-0.05, 0) is 30.9 Å². The maximum atomic E-state index is 4.63. The SMILES string of the molecule is CCc1cc(C)cc(CC)c1-n1c(-c2ccccc2)nnc1C(C)(C)C. The van der Waals surface area contributed by atoms with Crippen LogP contribution in [0.2, 0.25) is 0 Å². The van der Waals surface area contributed by atoms with E-state index in [0.29, 0.717) is 0 Å². The molecule has 0 bridgehead atoms. The summed E-state index contributed by atoms with van der Waals surface area (Å²) in [6.45, 7) is 13.2. The van der Waals surface area contributed by atoms with Crippen LogP contribution in [0.3, 0.4) is 0 Å². The summed E-state index contributed by atoms with van der Waals surface area (Å²) < 4.78 is 2.30. The van der Waals surface area contributed by atoms with E-state index in [1.807, 2.05) is 6.07 Å². The first-order valence-electron chi connectivity index (χ1n) is 9.50. The average Bonchev–Trinajstić information content (AvgIpc) is 3.06. The van der Waals surface area contributed by atoms with Gasteiger partial charge >= 0.3 is 0 Å². The normalized spacial score (nSPS) is 11.8. The maximum absolute atomic E-state index is 4.63. The minimum Gasteiger partial charge on any atom is -0.278 e. The van der Waals surface area contributed by atoms with Crippen molar-refractivity contribution in [1.29, 1.82) is 0 Å². The number of rotatable bonds is 4. The first kappa shape index (κ1) is 18.4. The Morgan fingerprint density at radius 3 is 1.96 bits per heavy atom. The zero-order valence-electron chi connectivity index (χ0n) is 16.8. The van der Waals surface area contributed by atoms with E-state index in [9.17, 15) is 0 Å². The van der Waals surface area contributed by atoms with Crippen molar-refractivity contribution in [1.82, 2.24) is 14.8 Å². The molecule has 0 unspecified atom stereocenters. The number of aromatic nitrogens is 3. The first-order chi connectivity index (χ1) is 12.4.